The van der Waals surface area contributed by atoms with Crippen molar-refractivity contribution in [1.29, 1.82) is 0 Å². The number of hydrogen-bond acceptors (Lipinski definition) is 6. The summed E-state index contributed by atoms with van der Waals surface area (Å²) >= 11 is 0. The zero-order valence-electron chi connectivity index (χ0n) is 22.3. The Hall–Kier alpha value is -3.41. The van der Waals surface area contributed by atoms with Crippen molar-refractivity contribution >= 4 is 6.16 Å². The molecule has 2 aromatic carbocycles. The van der Waals surface area contributed by atoms with Crippen LogP contribution in [0, 0.1) is 0 Å². The third kappa shape index (κ3) is 10.2. The molecule has 3 rings (SSSR count). The maximum absolute atomic E-state index is 11.8. The molecule has 0 radical (unpaired) electrons. The lowest BCUT2D eigenvalue weighted by molar-refractivity contribution is 0.0973. The Morgan fingerprint density at radius 3 is 1.84 bits per heavy atom. The number of nitrogens with zero attached hydrogens (tertiary/aromatic N) is 2. The van der Waals surface area contributed by atoms with Gasteiger partial charge in [0.2, 0.25) is 0 Å². The number of aromatic nitrogens is 2. The molecule has 37 heavy (non-hydrogen) atoms. The van der Waals surface area contributed by atoms with E-state index in [0.29, 0.717) is 18.2 Å². The summed E-state index contributed by atoms with van der Waals surface area (Å²) in [6.45, 7) is 5.52. The van der Waals surface area contributed by atoms with Gasteiger partial charge in [-0.15, -0.1) is 0 Å². The summed E-state index contributed by atoms with van der Waals surface area (Å²) in [5.74, 6) is 1.92. The van der Waals surface area contributed by atoms with Gasteiger partial charge in [-0.2, -0.15) is 0 Å². The summed E-state index contributed by atoms with van der Waals surface area (Å²) in [7, 11) is 0. The highest BCUT2D eigenvalue weighted by molar-refractivity contribution is 5.66. The highest BCUT2D eigenvalue weighted by Crippen LogP contribution is 2.24. The number of rotatable bonds is 16. The molecule has 0 aliphatic heterocycles. The second-order valence-electron chi connectivity index (χ2n) is 9.22. The number of carbonyl (C=O) groups excluding carboxylic acids is 1. The fourth-order valence-corrected chi connectivity index (χ4v) is 3.92. The molecule has 0 saturated carbocycles. The summed E-state index contributed by atoms with van der Waals surface area (Å²) in [5, 5.41) is 0. The van der Waals surface area contributed by atoms with Crippen LogP contribution in [0.2, 0.25) is 0 Å². The average Bonchev–Trinajstić information content (AvgIpc) is 2.93. The molecule has 0 fully saturated rings. The first kappa shape index (κ1) is 28.2. The van der Waals surface area contributed by atoms with Crippen molar-refractivity contribution in [2.24, 2.45) is 0 Å². The first-order valence-corrected chi connectivity index (χ1v) is 13.7. The summed E-state index contributed by atoms with van der Waals surface area (Å²) in [5.41, 5.74) is 2.81. The number of unbranched alkanes of at least 4 members (excludes halogenated alkanes) is 8. The summed E-state index contributed by atoms with van der Waals surface area (Å²) < 4.78 is 16.2. The van der Waals surface area contributed by atoms with E-state index in [1.54, 1.807) is 12.1 Å². The zero-order valence-corrected chi connectivity index (χ0v) is 22.3. The van der Waals surface area contributed by atoms with Gasteiger partial charge in [-0.05, 0) is 54.8 Å². The number of benzene rings is 2. The molecule has 3 aromatic rings. The van der Waals surface area contributed by atoms with E-state index in [0.717, 1.165) is 61.2 Å². The first-order valence-electron chi connectivity index (χ1n) is 13.7. The van der Waals surface area contributed by atoms with E-state index in [-0.39, 0.29) is 0 Å². The predicted octanol–water partition coefficient (Wildman–Crippen LogP) is 8.65. The van der Waals surface area contributed by atoms with Crippen LogP contribution in [0.15, 0.2) is 60.9 Å². The Kier molecular flexibility index (Phi) is 12.5. The molecule has 0 spiro atoms. The van der Waals surface area contributed by atoms with Gasteiger partial charge in [-0.25, -0.2) is 14.8 Å². The van der Waals surface area contributed by atoms with Crippen molar-refractivity contribution in [3.63, 3.8) is 0 Å². The molecule has 198 valence electrons. The van der Waals surface area contributed by atoms with Crippen LogP contribution < -0.4 is 9.47 Å². The molecule has 0 unspecified atom stereocenters. The Morgan fingerprint density at radius 1 is 0.622 bits per heavy atom. The van der Waals surface area contributed by atoms with E-state index in [1.165, 1.54) is 32.1 Å². The minimum absolute atomic E-state index is 0.381. The fourth-order valence-electron chi connectivity index (χ4n) is 3.92. The second-order valence-corrected chi connectivity index (χ2v) is 9.22. The van der Waals surface area contributed by atoms with Crippen molar-refractivity contribution in [2.45, 2.75) is 78.1 Å². The van der Waals surface area contributed by atoms with E-state index in [2.05, 4.69) is 23.8 Å². The highest BCUT2D eigenvalue weighted by Gasteiger charge is 2.08. The van der Waals surface area contributed by atoms with E-state index >= 15 is 0 Å². The van der Waals surface area contributed by atoms with Gasteiger partial charge in [0.15, 0.2) is 5.82 Å². The van der Waals surface area contributed by atoms with Crippen LogP contribution in [0.3, 0.4) is 0 Å². The summed E-state index contributed by atoms with van der Waals surface area (Å²) in [6, 6.07) is 15.1. The minimum Gasteiger partial charge on any atom is -0.494 e. The quantitative estimate of drug-likeness (QED) is 0.110. The van der Waals surface area contributed by atoms with Crippen molar-refractivity contribution in [3.05, 3.63) is 60.9 Å². The Morgan fingerprint density at radius 2 is 1.16 bits per heavy atom. The number of hydrogen-bond donors (Lipinski definition) is 0. The van der Waals surface area contributed by atoms with Gasteiger partial charge in [0.25, 0.3) is 0 Å². The number of carbonyl (C=O) groups is 1. The molecule has 0 amide bonds. The molecule has 6 nitrogen and oxygen atoms in total. The van der Waals surface area contributed by atoms with Crippen LogP contribution in [-0.2, 0) is 4.74 Å². The average molecular weight is 505 g/mol. The second kappa shape index (κ2) is 16.4. The Bertz CT molecular complexity index is 1030. The molecule has 0 saturated heterocycles. The maximum Gasteiger partial charge on any atom is 0.513 e. The van der Waals surface area contributed by atoms with Crippen LogP contribution in [0.5, 0.6) is 11.5 Å². The van der Waals surface area contributed by atoms with Gasteiger partial charge in [0.05, 0.1) is 13.2 Å². The molecule has 6 heteroatoms. The van der Waals surface area contributed by atoms with Gasteiger partial charge in [0, 0.05) is 23.5 Å². The van der Waals surface area contributed by atoms with E-state index in [1.807, 2.05) is 48.8 Å². The fraction of sp³-hybridized carbons (Fsp3) is 0.452. The van der Waals surface area contributed by atoms with Crippen LogP contribution in [0.4, 0.5) is 4.79 Å². The molecule has 1 heterocycles. The normalized spacial score (nSPS) is 10.8. The lowest BCUT2D eigenvalue weighted by Crippen LogP contribution is -2.11. The van der Waals surface area contributed by atoms with Crippen molar-refractivity contribution in [1.82, 2.24) is 9.97 Å². The smallest absolute Gasteiger partial charge is 0.494 e. The van der Waals surface area contributed by atoms with E-state index in [4.69, 9.17) is 14.2 Å². The minimum atomic E-state index is -0.677. The molecule has 0 bridgehead atoms. The van der Waals surface area contributed by atoms with Crippen molar-refractivity contribution < 1.29 is 19.0 Å². The van der Waals surface area contributed by atoms with Crippen LogP contribution in [0.25, 0.3) is 22.5 Å². The summed E-state index contributed by atoms with van der Waals surface area (Å²) in [4.78, 5) is 20.9. The molecule has 0 N–H and O–H groups in total. The zero-order chi connectivity index (χ0) is 26.1. The third-order valence-electron chi connectivity index (χ3n) is 6.14. The molecule has 0 aliphatic carbocycles. The number of ether oxygens (including phenoxy) is 3. The molecular weight excluding hydrogens is 464 g/mol. The topological polar surface area (TPSA) is 70.5 Å². The van der Waals surface area contributed by atoms with Gasteiger partial charge in [-0.1, -0.05) is 77.3 Å². The van der Waals surface area contributed by atoms with Crippen molar-refractivity contribution in [2.75, 3.05) is 13.2 Å². The van der Waals surface area contributed by atoms with Gasteiger partial charge in [0.1, 0.15) is 11.5 Å². The molecule has 1 aromatic heterocycles. The first-order chi connectivity index (χ1) is 18.2. The summed E-state index contributed by atoms with van der Waals surface area (Å²) in [6.07, 6.45) is 14.7. The Balaban J connectivity index is 1.44. The highest BCUT2D eigenvalue weighted by atomic mass is 16.7. The predicted molar refractivity (Wildman–Crippen MR) is 148 cm³/mol. The van der Waals surface area contributed by atoms with Gasteiger partial charge >= 0.3 is 6.16 Å². The SMILES string of the molecule is CCCCCCCCOc1ccc(-c2cnc(-c3ccc(OC(=O)OCCCCCC)cc3)nc2)cc1. The van der Waals surface area contributed by atoms with Crippen LogP contribution in [-0.4, -0.2) is 29.3 Å². The molecule has 0 atom stereocenters. The largest absolute Gasteiger partial charge is 0.513 e. The van der Waals surface area contributed by atoms with Gasteiger partial charge in [-0.3, -0.25) is 0 Å². The molecular formula is C31H40N2O4. The van der Waals surface area contributed by atoms with E-state index in [9.17, 15) is 4.79 Å². The van der Waals surface area contributed by atoms with Crippen molar-refractivity contribution in [3.8, 4) is 34.0 Å². The van der Waals surface area contributed by atoms with Gasteiger partial charge < -0.3 is 14.2 Å². The van der Waals surface area contributed by atoms with Crippen LogP contribution in [0.1, 0.15) is 78.1 Å². The van der Waals surface area contributed by atoms with Crippen LogP contribution >= 0.6 is 0 Å². The Labute approximate surface area is 221 Å². The van der Waals surface area contributed by atoms with E-state index < -0.39 is 6.16 Å². The maximum atomic E-state index is 11.8. The lowest BCUT2D eigenvalue weighted by atomic mass is 10.1. The lowest BCUT2D eigenvalue weighted by Gasteiger charge is -2.08. The third-order valence-corrected chi connectivity index (χ3v) is 6.14. The monoisotopic (exact) mass is 504 g/mol. The standard InChI is InChI=1S/C31H40N2O4/c1-3-5-7-9-10-12-21-35-28-17-13-25(14-18-28)27-23-32-30(33-24-27)26-15-19-29(20-16-26)37-31(34)36-22-11-8-6-4-2/h13-20,23-24H,3-12,21-22H2,1-2H3. The molecule has 0 aliphatic rings.